The molecule has 6 nitrogen and oxygen atoms in total. The molecular formula is C24H45N3O3S. The molecule has 2 fully saturated rings. The zero-order valence-corrected chi connectivity index (χ0v) is 21.6. The molecule has 180 valence electrons. The van der Waals surface area contributed by atoms with E-state index in [1.165, 1.54) is 42.6 Å². The van der Waals surface area contributed by atoms with Crippen LogP contribution in [0.2, 0.25) is 0 Å². The lowest BCUT2D eigenvalue weighted by atomic mass is 10.0. The van der Waals surface area contributed by atoms with Gasteiger partial charge in [-0.05, 0) is 72.9 Å². The zero-order chi connectivity index (χ0) is 23.6. The highest BCUT2D eigenvalue weighted by Crippen LogP contribution is 2.35. The van der Waals surface area contributed by atoms with Crippen molar-refractivity contribution >= 4 is 23.6 Å². The third-order valence-electron chi connectivity index (χ3n) is 5.60. The van der Waals surface area contributed by atoms with Crippen LogP contribution in [0.1, 0.15) is 79.6 Å². The average Bonchev–Trinajstić information content (AvgIpc) is 3.15. The van der Waals surface area contributed by atoms with E-state index in [1.807, 2.05) is 44.4 Å². The normalized spacial score (nSPS) is 20.8. The molecule has 1 saturated heterocycles. The fourth-order valence-corrected chi connectivity index (χ4v) is 5.69. The molecule has 1 atom stereocenters. The van der Waals surface area contributed by atoms with E-state index in [2.05, 4.69) is 18.9 Å². The van der Waals surface area contributed by atoms with Crippen molar-refractivity contribution in [3.05, 3.63) is 10.5 Å². The Morgan fingerprint density at radius 3 is 2.29 bits per heavy atom. The molecule has 0 aromatic carbocycles. The summed E-state index contributed by atoms with van der Waals surface area (Å²) in [5, 5.41) is 15.9. The second kappa shape index (κ2) is 13.5. The van der Waals surface area contributed by atoms with Crippen LogP contribution >= 0.6 is 11.8 Å². The highest BCUT2D eigenvalue weighted by molar-refractivity contribution is 8.04. The van der Waals surface area contributed by atoms with Gasteiger partial charge in [0.05, 0.1) is 0 Å². The Labute approximate surface area is 194 Å². The molecule has 0 radical (unpaired) electrons. The van der Waals surface area contributed by atoms with Crippen LogP contribution in [0.4, 0.5) is 4.79 Å². The molecule has 1 heterocycles. The Morgan fingerprint density at radius 2 is 1.74 bits per heavy atom. The topological polar surface area (TPSA) is 76.9 Å². The van der Waals surface area contributed by atoms with Gasteiger partial charge in [-0.1, -0.05) is 19.3 Å². The first kappa shape index (κ1) is 28.0. The minimum absolute atomic E-state index is 0.190. The number of allylic oxidation sites excluding steroid dienone is 1. The van der Waals surface area contributed by atoms with E-state index in [1.54, 1.807) is 0 Å². The predicted molar refractivity (Wildman–Crippen MR) is 132 cm³/mol. The number of aliphatic hydroxyl groups is 1. The molecule has 1 saturated carbocycles. The molecule has 1 amide bonds. The molecule has 31 heavy (non-hydrogen) atoms. The minimum atomic E-state index is -0.456. The standard InChI is InChI=1S/C23H41N3O2S.CH4O/c1-17(21(18(2)24)29-20-12-8-7-9-13-20)15-25(6)16-19-11-10-14-26(19)22(27)28-23(3,4)5;1-2/h19-20,24H,7-16H2,1-6H3;2H,1H3/b21-17-,24-18?;. The van der Waals surface area contributed by atoms with Crippen molar-refractivity contribution in [2.45, 2.75) is 96.5 Å². The summed E-state index contributed by atoms with van der Waals surface area (Å²) in [5.74, 6) is 0. The lowest BCUT2D eigenvalue weighted by Gasteiger charge is -2.31. The van der Waals surface area contributed by atoms with Crippen molar-refractivity contribution in [2.24, 2.45) is 0 Å². The van der Waals surface area contributed by atoms with Crippen molar-refractivity contribution in [1.29, 1.82) is 5.41 Å². The summed E-state index contributed by atoms with van der Waals surface area (Å²) >= 11 is 1.92. The number of carbonyl (C=O) groups excluding carboxylic acids is 1. The fourth-order valence-electron chi connectivity index (χ4n) is 4.35. The average molecular weight is 456 g/mol. The number of likely N-dealkylation sites (tertiary alicyclic amines) is 1. The van der Waals surface area contributed by atoms with Gasteiger partial charge in [-0.25, -0.2) is 4.79 Å². The second-order valence-corrected chi connectivity index (χ2v) is 11.1. The quantitative estimate of drug-likeness (QED) is 0.509. The molecule has 2 rings (SSSR count). The molecule has 0 bridgehead atoms. The summed E-state index contributed by atoms with van der Waals surface area (Å²) in [6.45, 7) is 12.3. The number of nitrogens with one attached hydrogen (secondary N) is 1. The molecule has 2 aliphatic rings. The first-order valence-corrected chi connectivity index (χ1v) is 12.5. The van der Waals surface area contributed by atoms with Crippen molar-refractivity contribution in [3.63, 3.8) is 0 Å². The number of amides is 1. The third-order valence-corrected chi connectivity index (χ3v) is 7.29. The maximum Gasteiger partial charge on any atom is 0.410 e. The summed E-state index contributed by atoms with van der Waals surface area (Å²) in [4.78, 5) is 17.9. The smallest absolute Gasteiger partial charge is 0.410 e. The summed E-state index contributed by atoms with van der Waals surface area (Å²) in [6, 6.07) is 0.207. The summed E-state index contributed by atoms with van der Waals surface area (Å²) < 4.78 is 5.60. The largest absolute Gasteiger partial charge is 0.444 e. The molecule has 0 aromatic rings. The Bertz CT molecular complexity index is 610. The highest BCUT2D eigenvalue weighted by atomic mass is 32.2. The van der Waals surface area contributed by atoms with Crippen molar-refractivity contribution < 1.29 is 14.6 Å². The highest BCUT2D eigenvalue weighted by Gasteiger charge is 2.32. The van der Waals surface area contributed by atoms with Crippen LogP contribution in [-0.2, 0) is 4.74 Å². The number of rotatable bonds is 7. The van der Waals surface area contributed by atoms with Crippen LogP contribution in [0, 0.1) is 5.41 Å². The van der Waals surface area contributed by atoms with Gasteiger partial charge in [0.2, 0.25) is 0 Å². The summed E-state index contributed by atoms with van der Waals surface area (Å²) in [5.41, 5.74) is 1.50. The molecule has 1 aliphatic heterocycles. The van der Waals surface area contributed by atoms with Crippen molar-refractivity contribution in [2.75, 3.05) is 33.8 Å². The zero-order valence-electron chi connectivity index (χ0n) is 20.8. The number of aliphatic hydroxyl groups excluding tert-OH is 1. The van der Waals surface area contributed by atoms with Gasteiger partial charge in [0, 0.05) is 48.7 Å². The van der Waals surface area contributed by atoms with Gasteiger partial charge in [-0.15, -0.1) is 11.8 Å². The van der Waals surface area contributed by atoms with Crippen molar-refractivity contribution in [1.82, 2.24) is 9.80 Å². The Hall–Kier alpha value is -1.05. The van der Waals surface area contributed by atoms with Gasteiger partial charge in [-0.3, -0.25) is 0 Å². The van der Waals surface area contributed by atoms with Crippen LogP contribution in [0.5, 0.6) is 0 Å². The van der Waals surface area contributed by atoms with E-state index < -0.39 is 5.60 Å². The second-order valence-electron chi connectivity index (χ2n) is 9.78. The van der Waals surface area contributed by atoms with Crippen molar-refractivity contribution in [3.8, 4) is 0 Å². The fraction of sp³-hybridized carbons (Fsp3) is 0.833. The van der Waals surface area contributed by atoms with E-state index in [0.717, 1.165) is 39.6 Å². The summed E-state index contributed by atoms with van der Waals surface area (Å²) in [6.07, 6.45) is 8.43. The van der Waals surface area contributed by atoms with Crippen LogP contribution in [0.15, 0.2) is 10.5 Å². The first-order valence-electron chi connectivity index (χ1n) is 11.6. The van der Waals surface area contributed by atoms with Gasteiger partial charge in [0.15, 0.2) is 0 Å². The van der Waals surface area contributed by atoms with Gasteiger partial charge in [0.25, 0.3) is 0 Å². The van der Waals surface area contributed by atoms with Crippen LogP contribution in [0.3, 0.4) is 0 Å². The van der Waals surface area contributed by atoms with E-state index >= 15 is 0 Å². The Morgan fingerprint density at radius 1 is 1.13 bits per heavy atom. The molecule has 1 aliphatic carbocycles. The number of nitrogens with zero attached hydrogens (tertiary/aromatic N) is 2. The lowest BCUT2D eigenvalue weighted by Crippen LogP contribution is -2.44. The molecule has 2 N–H and O–H groups in total. The molecule has 7 heteroatoms. The van der Waals surface area contributed by atoms with Crippen LogP contribution in [-0.4, -0.2) is 77.4 Å². The summed E-state index contributed by atoms with van der Waals surface area (Å²) in [7, 11) is 3.12. The van der Waals surface area contributed by atoms with Gasteiger partial charge >= 0.3 is 6.09 Å². The maximum atomic E-state index is 12.5. The number of likely N-dealkylation sites (N-methyl/N-ethyl adjacent to an activating group) is 1. The molecule has 0 spiro atoms. The SMILES string of the molecule is CC(=N)/C(SC1CCCCC1)=C(\C)CN(C)CC1CCCN1C(=O)OC(C)(C)C.CO. The van der Waals surface area contributed by atoms with E-state index in [4.69, 9.17) is 15.3 Å². The lowest BCUT2D eigenvalue weighted by molar-refractivity contribution is 0.0205. The number of thioether (sulfide) groups is 1. The van der Waals surface area contributed by atoms with E-state index in [9.17, 15) is 4.79 Å². The predicted octanol–water partition coefficient (Wildman–Crippen LogP) is 5.31. The maximum absolute atomic E-state index is 12.5. The number of carbonyl (C=O) groups is 1. The first-order chi connectivity index (χ1) is 14.6. The van der Waals surface area contributed by atoms with E-state index in [-0.39, 0.29) is 12.1 Å². The molecule has 1 unspecified atom stereocenters. The number of hydrogen-bond acceptors (Lipinski definition) is 6. The van der Waals surface area contributed by atoms with Gasteiger partial charge in [0.1, 0.15) is 5.60 Å². The number of hydrogen-bond donors (Lipinski definition) is 2. The minimum Gasteiger partial charge on any atom is -0.444 e. The number of ether oxygens (including phenoxy) is 1. The Kier molecular flexibility index (Phi) is 12.2. The third kappa shape index (κ3) is 9.96. The molecular weight excluding hydrogens is 410 g/mol. The Balaban J connectivity index is 0.00000233. The van der Waals surface area contributed by atoms with Crippen LogP contribution in [0.25, 0.3) is 0 Å². The monoisotopic (exact) mass is 455 g/mol. The molecule has 0 aromatic heterocycles. The van der Waals surface area contributed by atoms with Gasteiger partial charge in [-0.2, -0.15) is 0 Å². The van der Waals surface area contributed by atoms with Crippen LogP contribution < -0.4 is 0 Å². The van der Waals surface area contributed by atoms with E-state index in [0.29, 0.717) is 11.0 Å². The van der Waals surface area contributed by atoms with Gasteiger partial charge < -0.3 is 25.1 Å².